The van der Waals surface area contributed by atoms with Crippen molar-refractivity contribution in [2.75, 3.05) is 30.3 Å². The second-order valence-corrected chi connectivity index (χ2v) is 10.7. The molecule has 2 aliphatic rings. The van der Waals surface area contributed by atoms with Gasteiger partial charge in [-0.15, -0.1) is 0 Å². The molecule has 0 bridgehead atoms. The van der Waals surface area contributed by atoms with Crippen LogP contribution in [0.25, 0.3) is 0 Å². The molecule has 2 heterocycles. The smallest absolute Gasteiger partial charge is 0.335 e. The van der Waals surface area contributed by atoms with E-state index in [2.05, 4.69) is 16.0 Å². The number of fused-ring (bicyclic) bond motifs is 1. The van der Waals surface area contributed by atoms with E-state index in [0.29, 0.717) is 23.4 Å². The maximum atomic E-state index is 14.4. The molecule has 43 heavy (non-hydrogen) atoms. The second kappa shape index (κ2) is 13.1. The highest BCUT2D eigenvalue weighted by Gasteiger charge is 2.38. The molecule has 224 valence electrons. The number of carbonyl (C=O) groups is 3. The molecular formula is C31H31ClFN5O5. The number of nitrogens with zero attached hydrogens (tertiary/aromatic N) is 1. The van der Waals surface area contributed by atoms with E-state index in [4.69, 9.17) is 22.1 Å². The SMILES string of the molecule is N/C(=C\Nc1cccc(Cl)c1F)C(=O)N1CCc2c(OC3CCNCC3)cccc2C1C(=O)Nc1ccc(C(=O)O)cc1. The summed E-state index contributed by atoms with van der Waals surface area (Å²) in [5.74, 6) is -2.27. The van der Waals surface area contributed by atoms with Crippen molar-refractivity contribution >= 4 is 40.8 Å². The standard InChI is InChI=1S/C31H31ClFN5O5/c32-23-4-2-5-25(27(23)33)36-17-24(34)30(40)38-16-13-21-22(3-1-6-26(21)43-20-11-14-35-15-12-20)28(38)29(39)37-19-9-7-18(8-10-19)31(41)42/h1-10,17,20,28,35-36H,11-16,34H2,(H,37,39)(H,41,42)/b24-17-. The molecular weight excluding hydrogens is 577 g/mol. The maximum absolute atomic E-state index is 14.4. The molecule has 1 fully saturated rings. The Morgan fingerprint density at radius 1 is 1.07 bits per heavy atom. The van der Waals surface area contributed by atoms with Crippen LogP contribution in [0.3, 0.4) is 0 Å². The van der Waals surface area contributed by atoms with E-state index in [1.165, 1.54) is 47.5 Å². The van der Waals surface area contributed by atoms with Crippen LogP contribution in [-0.4, -0.2) is 53.5 Å². The summed E-state index contributed by atoms with van der Waals surface area (Å²) >= 11 is 5.85. The normalized spacial score (nSPS) is 17.1. The van der Waals surface area contributed by atoms with Crippen LogP contribution in [0, 0.1) is 5.82 Å². The number of carboxylic acids is 1. The average Bonchev–Trinajstić information content (AvgIpc) is 3.01. The maximum Gasteiger partial charge on any atom is 0.335 e. The Morgan fingerprint density at radius 3 is 2.51 bits per heavy atom. The zero-order chi connectivity index (χ0) is 30.5. The van der Waals surface area contributed by atoms with Gasteiger partial charge in [0.25, 0.3) is 11.8 Å². The molecule has 0 aliphatic carbocycles. The number of benzene rings is 3. The molecule has 1 atom stereocenters. The molecule has 12 heteroatoms. The van der Waals surface area contributed by atoms with Crippen molar-refractivity contribution in [3.8, 4) is 5.75 Å². The first-order chi connectivity index (χ1) is 20.7. The molecule has 1 saturated heterocycles. The summed E-state index contributed by atoms with van der Waals surface area (Å²) in [6.45, 7) is 1.87. The Morgan fingerprint density at radius 2 is 1.79 bits per heavy atom. The lowest BCUT2D eigenvalue weighted by molar-refractivity contribution is -0.136. The van der Waals surface area contributed by atoms with Gasteiger partial charge in [0.05, 0.1) is 16.3 Å². The summed E-state index contributed by atoms with van der Waals surface area (Å²) in [5.41, 5.74) is 7.79. The van der Waals surface area contributed by atoms with Gasteiger partial charge in [-0.2, -0.15) is 0 Å². The molecule has 0 spiro atoms. The fourth-order valence-electron chi connectivity index (χ4n) is 5.25. The third kappa shape index (κ3) is 6.73. The van der Waals surface area contributed by atoms with E-state index >= 15 is 0 Å². The number of anilines is 2. The molecule has 6 N–H and O–H groups in total. The van der Waals surface area contributed by atoms with Gasteiger partial charge in [0.1, 0.15) is 23.6 Å². The topological polar surface area (TPSA) is 146 Å². The Bertz CT molecular complexity index is 1560. The summed E-state index contributed by atoms with van der Waals surface area (Å²) in [7, 11) is 0. The van der Waals surface area contributed by atoms with Crippen LogP contribution in [-0.2, 0) is 16.0 Å². The van der Waals surface area contributed by atoms with Crippen molar-refractivity contribution in [1.29, 1.82) is 0 Å². The van der Waals surface area contributed by atoms with Crippen molar-refractivity contribution in [2.24, 2.45) is 5.73 Å². The van der Waals surface area contributed by atoms with Crippen molar-refractivity contribution in [1.82, 2.24) is 10.2 Å². The first-order valence-corrected chi connectivity index (χ1v) is 14.2. The molecule has 0 radical (unpaired) electrons. The fraction of sp³-hybridized carbons (Fsp3) is 0.258. The number of rotatable bonds is 8. The third-order valence-electron chi connectivity index (χ3n) is 7.45. The van der Waals surface area contributed by atoms with E-state index < -0.39 is 29.6 Å². The predicted molar refractivity (Wildman–Crippen MR) is 160 cm³/mol. The lowest BCUT2D eigenvalue weighted by Crippen LogP contribution is -2.47. The second-order valence-electron chi connectivity index (χ2n) is 10.3. The number of carbonyl (C=O) groups excluding carboxylic acids is 2. The zero-order valence-electron chi connectivity index (χ0n) is 23.1. The molecule has 1 unspecified atom stereocenters. The van der Waals surface area contributed by atoms with Gasteiger partial charge in [0.2, 0.25) is 0 Å². The Kier molecular flexibility index (Phi) is 9.13. The Hall–Kier alpha value is -4.61. The number of amides is 2. The fourth-order valence-corrected chi connectivity index (χ4v) is 5.42. The van der Waals surface area contributed by atoms with Crippen LogP contribution in [0.5, 0.6) is 5.75 Å². The van der Waals surface area contributed by atoms with Crippen LogP contribution < -0.4 is 26.4 Å². The summed E-state index contributed by atoms with van der Waals surface area (Å²) in [4.78, 5) is 40.1. The van der Waals surface area contributed by atoms with Crippen LogP contribution in [0.4, 0.5) is 15.8 Å². The minimum atomic E-state index is -1.09. The first kappa shape index (κ1) is 29.9. The van der Waals surface area contributed by atoms with Crippen LogP contribution in [0.15, 0.2) is 72.6 Å². The molecule has 3 aromatic carbocycles. The van der Waals surface area contributed by atoms with E-state index in [-0.39, 0.29) is 34.6 Å². The van der Waals surface area contributed by atoms with Crippen LogP contribution >= 0.6 is 11.6 Å². The minimum absolute atomic E-state index is 0.0315. The van der Waals surface area contributed by atoms with Gasteiger partial charge in [-0.3, -0.25) is 9.59 Å². The summed E-state index contributed by atoms with van der Waals surface area (Å²) in [6.07, 6.45) is 3.33. The van der Waals surface area contributed by atoms with Crippen LogP contribution in [0.1, 0.15) is 40.4 Å². The van der Waals surface area contributed by atoms with Gasteiger partial charge in [0.15, 0.2) is 5.82 Å². The summed E-state index contributed by atoms with van der Waals surface area (Å²) in [5, 5.41) is 17.9. The number of nitrogens with one attached hydrogen (secondary N) is 3. The highest BCUT2D eigenvalue weighted by atomic mass is 35.5. The number of nitrogens with two attached hydrogens (primary N) is 1. The highest BCUT2D eigenvalue weighted by Crippen LogP contribution is 2.37. The highest BCUT2D eigenvalue weighted by molar-refractivity contribution is 6.31. The predicted octanol–water partition coefficient (Wildman–Crippen LogP) is 4.28. The number of aromatic carboxylic acids is 1. The molecule has 0 saturated carbocycles. The number of hydrogen-bond donors (Lipinski definition) is 5. The van der Waals surface area contributed by atoms with E-state index in [1.807, 2.05) is 6.07 Å². The molecule has 3 aromatic rings. The van der Waals surface area contributed by atoms with Crippen molar-refractivity contribution in [2.45, 2.75) is 31.4 Å². The lowest BCUT2D eigenvalue weighted by atomic mass is 9.90. The molecule has 0 aromatic heterocycles. The Balaban J connectivity index is 1.45. The van der Waals surface area contributed by atoms with Crippen molar-refractivity contribution in [3.63, 3.8) is 0 Å². The van der Waals surface area contributed by atoms with Crippen LogP contribution in [0.2, 0.25) is 5.02 Å². The van der Waals surface area contributed by atoms with E-state index in [1.54, 1.807) is 18.2 Å². The summed E-state index contributed by atoms with van der Waals surface area (Å²) in [6, 6.07) is 14.5. The van der Waals surface area contributed by atoms with Gasteiger partial charge in [-0.25, -0.2) is 9.18 Å². The zero-order valence-corrected chi connectivity index (χ0v) is 23.9. The monoisotopic (exact) mass is 607 g/mol. The first-order valence-electron chi connectivity index (χ1n) is 13.8. The van der Waals surface area contributed by atoms with E-state index in [9.17, 15) is 23.9 Å². The van der Waals surface area contributed by atoms with Gasteiger partial charge in [-0.05, 0) is 80.4 Å². The van der Waals surface area contributed by atoms with Gasteiger partial charge < -0.3 is 36.4 Å². The lowest BCUT2D eigenvalue weighted by Gasteiger charge is -2.37. The summed E-state index contributed by atoms with van der Waals surface area (Å²) < 4.78 is 20.7. The quantitative estimate of drug-likeness (QED) is 0.239. The number of carboxylic acid groups (broad SMARTS) is 1. The van der Waals surface area contributed by atoms with Gasteiger partial charge >= 0.3 is 5.97 Å². The molecule has 2 amide bonds. The molecule has 2 aliphatic heterocycles. The third-order valence-corrected chi connectivity index (χ3v) is 7.74. The molecule has 5 rings (SSSR count). The number of hydrogen-bond acceptors (Lipinski definition) is 7. The average molecular weight is 608 g/mol. The van der Waals surface area contributed by atoms with Crippen molar-refractivity contribution < 1.29 is 28.6 Å². The number of halogens is 2. The van der Waals surface area contributed by atoms with E-state index in [0.717, 1.165) is 31.5 Å². The Labute approximate surface area is 252 Å². The number of piperidine rings is 1. The minimum Gasteiger partial charge on any atom is -0.490 e. The molecule has 10 nitrogen and oxygen atoms in total. The van der Waals surface area contributed by atoms with Gasteiger partial charge in [0, 0.05) is 24.0 Å². The number of ether oxygens (including phenoxy) is 1. The van der Waals surface area contributed by atoms with Crippen molar-refractivity contribution in [3.05, 3.63) is 100 Å². The van der Waals surface area contributed by atoms with Gasteiger partial charge in [-0.1, -0.05) is 29.8 Å². The largest absolute Gasteiger partial charge is 0.490 e.